The van der Waals surface area contributed by atoms with E-state index in [1.165, 1.54) is 0 Å². The molecule has 0 radical (unpaired) electrons. The van der Waals surface area contributed by atoms with Gasteiger partial charge in [0.15, 0.2) is 0 Å². The molecular weight excluding hydrogens is 324 g/mol. The van der Waals surface area contributed by atoms with E-state index >= 15 is 0 Å². The molecule has 5 nitrogen and oxygen atoms in total. The molecular formula is C21H18N4O. The number of para-hydroxylation sites is 2. The Balaban J connectivity index is 1.68. The van der Waals surface area contributed by atoms with Gasteiger partial charge in [0.2, 0.25) is 5.91 Å². The molecule has 0 saturated heterocycles. The van der Waals surface area contributed by atoms with Crippen molar-refractivity contribution in [3.05, 3.63) is 78.6 Å². The summed E-state index contributed by atoms with van der Waals surface area (Å²) in [6.07, 6.45) is 3.48. The highest BCUT2D eigenvalue weighted by atomic mass is 16.1. The maximum Gasteiger partial charge on any atom is 0.244 e. The third-order valence-corrected chi connectivity index (χ3v) is 4.21. The van der Waals surface area contributed by atoms with Crippen LogP contribution in [0, 0.1) is 6.92 Å². The van der Waals surface area contributed by atoms with Crippen LogP contribution >= 0.6 is 0 Å². The first kappa shape index (κ1) is 16.0. The molecule has 4 aromatic rings. The van der Waals surface area contributed by atoms with E-state index in [2.05, 4.69) is 10.3 Å². The average molecular weight is 342 g/mol. The lowest BCUT2D eigenvalue weighted by molar-refractivity contribution is -0.116. The first-order chi connectivity index (χ1) is 12.7. The maximum absolute atomic E-state index is 12.6. The average Bonchev–Trinajstić information content (AvgIpc) is 3.03. The lowest BCUT2D eigenvalue weighted by Gasteiger charge is -2.10. The van der Waals surface area contributed by atoms with Crippen LogP contribution in [-0.4, -0.2) is 20.4 Å². The van der Waals surface area contributed by atoms with Crippen LogP contribution in [0.25, 0.3) is 22.4 Å². The highest BCUT2D eigenvalue weighted by molar-refractivity contribution is 5.92. The summed E-state index contributed by atoms with van der Waals surface area (Å²) < 4.78 is 1.93. The van der Waals surface area contributed by atoms with Crippen LogP contribution < -0.4 is 5.32 Å². The Labute approximate surface area is 151 Å². The molecule has 0 spiro atoms. The second-order valence-corrected chi connectivity index (χ2v) is 6.17. The monoisotopic (exact) mass is 342 g/mol. The molecule has 26 heavy (non-hydrogen) atoms. The SMILES string of the molecule is Cc1ccc(NC(=O)Cn2c(-c3cccnc3)nc3ccccc32)cc1. The van der Waals surface area contributed by atoms with Gasteiger partial charge in [0.05, 0.1) is 11.0 Å². The van der Waals surface area contributed by atoms with E-state index < -0.39 is 0 Å². The van der Waals surface area contributed by atoms with E-state index in [1.54, 1.807) is 12.4 Å². The number of aromatic nitrogens is 3. The summed E-state index contributed by atoms with van der Waals surface area (Å²) in [5, 5.41) is 2.95. The highest BCUT2D eigenvalue weighted by Crippen LogP contribution is 2.24. The minimum Gasteiger partial charge on any atom is -0.325 e. The first-order valence-corrected chi connectivity index (χ1v) is 8.43. The van der Waals surface area contributed by atoms with Gasteiger partial charge in [-0.2, -0.15) is 0 Å². The van der Waals surface area contributed by atoms with Crippen LogP contribution in [0.15, 0.2) is 73.1 Å². The highest BCUT2D eigenvalue weighted by Gasteiger charge is 2.15. The Morgan fingerprint density at radius 3 is 2.62 bits per heavy atom. The molecule has 0 bridgehead atoms. The number of hydrogen-bond acceptors (Lipinski definition) is 3. The van der Waals surface area contributed by atoms with Gasteiger partial charge in [-0.3, -0.25) is 9.78 Å². The number of carbonyl (C=O) groups excluding carboxylic acids is 1. The zero-order valence-corrected chi connectivity index (χ0v) is 14.4. The summed E-state index contributed by atoms with van der Waals surface area (Å²) in [4.78, 5) is 21.5. The van der Waals surface area contributed by atoms with Crippen LogP contribution in [-0.2, 0) is 11.3 Å². The molecule has 128 valence electrons. The number of carbonyl (C=O) groups is 1. The van der Waals surface area contributed by atoms with Crippen LogP contribution in [0.4, 0.5) is 5.69 Å². The number of nitrogens with zero attached hydrogens (tertiary/aromatic N) is 3. The Kier molecular flexibility index (Phi) is 4.19. The number of anilines is 1. The smallest absolute Gasteiger partial charge is 0.244 e. The lowest BCUT2D eigenvalue weighted by atomic mass is 10.2. The summed E-state index contributed by atoms with van der Waals surface area (Å²) in [6, 6.07) is 19.4. The van der Waals surface area contributed by atoms with Crippen LogP contribution in [0.2, 0.25) is 0 Å². The molecule has 0 saturated carbocycles. The van der Waals surface area contributed by atoms with Gasteiger partial charge < -0.3 is 9.88 Å². The van der Waals surface area contributed by atoms with Crippen molar-refractivity contribution in [3.63, 3.8) is 0 Å². The number of amides is 1. The maximum atomic E-state index is 12.6. The number of benzene rings is 2. The van der Waals surface area contributed by atoms with Gasteiger partial charge in [0, 0.05) is 23.6 Å². The van der Waals surface area contributed by atoms with Crippen molar-refractivity contribution in [3.8, 4) is 11.4 Å². The van der Waals surface area contributed by atoms with Crippen LogP contribution in [0.1, 0.15) is 5.56 Å². The number of pyridine rings is 1. The number of fused-ring (bicyclic) bond motifs is 1. The summed E-state index contributed by atoms with van der Waals surface area (Å²) in [5.41, 5.74) is 4.60. The van der Waals surface area contributed by atoms with Crippen LogP contribution in [0.5, 0.6) is 0 Å². The van der Waals surface area contributed by atoms with E-state index in [4.69, 9.17) is 4.98 Å². The molecule has 0 unspecified atom stereocenters. The normalized spacial score (nSPS) is 10.8. The fourth-order valence-electron chi connectivity index (χ4n) is 2.93. The van der Waals surface area contributed by atoms with Gasteiger partial charge in [-0.15, -0.1) is 0 Å². The van der Waals surface area contributed by atoms with Crippen molar-refractivity contribution in [2.75, 3.05) is 5.32 Å². The van der Waals surface area contributed by atoms with Crippen molar-refractivity contribution in [1.29, 1.82) is 0 Å². The van der Waals surface area contributed by atoms with E-state index in [9.17, 15) is 4.79 Å². The molecule has 1 N–H and O–H groups in total. The van der Waals surface area contributed by atoms with Crippen LogP contribution in [0.3, 0.4) is 0 Å². The fraction of sp³-hybridized carbons (Fsp3) is 0.0952. The van der Waals surface area contributed by atoms with E-state index in [0.717, 1.165) is 33.7 Å². The third-order valence-electron chi connectivity index (χ3n) is 4.21. The first-order valence-electron chi connectivity index (χ1n) is 8.43. The third kappa shape index (κ3) is 3.19. The van der Waals surface area contributed by atoms with E-state index in [1.807, 2.05) is 72.2 Å². The number of aryl methyl sites for hydroxylation is 1. The molecule has 0 aliphatic heterocycles. The molecule has 2 aromatic carbocycles. The predicted octanol–water partition coefficient (Wildman–Crippen LogP) is 4.05. The zero-order chi connectivity index (χ0) is 17.9. The molecule has 2 aromatic heterocycles. The second-order valence-electron chi connectivity index (χ2n) is 6.17. The fourth-order valence-corrected chi connectivity index (χ4v) is 2.93. The molecule has 0 aliphatic carbocycles. The molecule has 5 heteroatoms. The lowest BCUT2D eigenvalue weighted by Crippen LogP contribution is -2.19. The summed E-state index contributed by atoms with van der Waals surface area (Å²) >= 11 is 0. The van der Waals surface area contributed by atoms with Crippen molar-refractivity contribution < 1.29 is 4.79 Å². The second kappa shape index (κ2) is 6.80. The van der Waals surface area contributed by atoms with Crippen molar-refractivity contribution >= 4 is 22.6 Å². The molecule has 2 heterocycles. The largest absolute Gasteiger partial charge is 0.325 e. The van der Waals surface area contributed by atoms with Crippen molar-refractivity contribution in [2.24, 2.45) is 0 Å². The molecule has 0 fully saturated rings. The predicted molar refractivity (Wildman–Crippen MR) is 103 cm³/mol. The summed E-state index contributed by atoms with van der Waals surface area (Å²) in [6.45, 7) is 2.20. The summed E-state index contributed by atoms with van der Waals surface area (Å²) in [7, 11) is 0. The topological polar surface area (TPSA) is 59.8 Å². The minimum absolute atomic E-state index is 0.0952. The molecule has 1 amide bonds. The quantitative estimate of drug-likeness (QED) is 0.609. The Morgan fingerprint density at radius 1 is 1.04 bits per heavy atom. The zero-order valence-electron chi connectivity index (χ0n) is 14.4. The van der Waals surface area contributed by atoms with E-state index in [0.29, 0.717) is 0 Å². The molecule has 4 rings (SSSR count). The van der Waals surface area contributed by atoms with Gasteiger partial charge in [-0.1, -0.05) is 29.8 Å². The summed E-state index contributed by atoms with van der Waals surface area (Å²) in [5.74, 6) is 0.639. The van der Waals surface area contributed by atoms with Gasteiger partial charge in [0.25, 0.3) is 0 Å². The van der Waals surface area contributed by atoms with Crippen molar-refractivity contribution in [1.82, 2.24) is 14.5 Å². The van der Waals surface area contributed by atoms with Gasteiger partial charge in [-0.25, -0.2) is 4.98 Å². The standard InChI is InChI=1S/C21H18N4O/c1-15-8-10-17(11-9-15)23-20(26)14-25-19-7-3-2-6-18(19)24-21(25)16-5-4-12-22-13-16/h2-13H,14H2,1H3,(H,23,26). The van der Waals surface area contributed by atoms with Gasteiger partial charge >= 0.3 is 0 Å². The van der Waals surface area contributed by atoms with Gasteiger partial charge in [-0.05, 0) is 43.3 Å². The number of rotatable bonds is 4. The van der Waals surface area contributed by atoms with Gasteiger partial charge in [0.1, 0.15) is 12.4 Å². The Bertz CT molecular complexity index is 1050. The number of imidazole rings is 1. The number of hydrogen-bond donors (Lipinski definition) is 1. The number of nitrogens with one attached hydrogen (secondary N) is 1. The van der Waals surface area contributed by atoms with Crippen molar-refractivity contribution in [2.45, 2.75) is 13.5 Å². The molecule has 0 atom stereocenters. The Hall–Kier alpha value is -3.47. The molecule has 0 aliphatic rings. The van der Waals surface area contributed by atoms with E-state index in [-0.39, 0.29) is 12.5 Å². The minimum atomic E-state index is -0.0952. The Morgan fingerprint density at radius 2 is 1.85 bits per heavy atom.